The number of likely N-dealkylation sites (N-methyl/N-ethyl adjacent to an activating group) is 1. The third kappa shape index (κ3) is 34.7. The Morgan fingerprint density at radius 3 is 1.25 bits per heavy atom. The summed E-state index contributed by atoms with van der Waals surface area (Å²) >= 11 is 0. The smallest absolute Gasteiger partial charge is 0.306 e. The van der Waals surface area contributed by atoms with Gasteiger partial charge in [0, 0.05) is 12.8 Å². The lowest BCUT2D eigenvalue weighted by Gasteiger charge is -2.38. The number of nitrogens with zero attached hydrogens (tertiary/aromatic N) is 1. The van der Waals surface area contributed by atoms with Crippen molar-refractivity contribution in [2.24, 2.45) is 0 Å². The van der Waals surface area contributed by atoms with Crippen LogP contribution < -0.4 is 4.89 Å². The molecule has 0 aromatic carbocycles. The van der Waals surface area contributed by atoms with Gasteiger partial charge in [0.1, 0.15) is 19.8 Å². The molecule has 0 bridgehead atoms. The highest BCUT2D eigenvalue weighted by molar-refractivity contribution is 7.45. The Morgan fingerprint density at radius 1 is 0.491 bits per heavy atom. The summed E-state index contributed by atoms with van der Waals surface area (Å²) in [6, 6.07) is 0. The van der Waals surface area contributed by atoms with Gasteiger partial charge >= 0.3 is 11.9 Å². The molecule has 328 valence electrons. The van der Waals surface area contributed by atoms with Crippen molar-refractivity contribution in [1.82, 2.24) is 0 Å². The normalized spacial score (nSPS) is 13.5. The summed E-state index contributed by atoms with van der Waals surface area (Å²) in [6.07, 6.45) is 33.2. The van der Waals surface area contributed by atoms with Crippen LogP contribution in [0.5, 0.6) is 0 Å². The zero-order valence-electron chi connectivity index (χ0n) is 36.9. The largest absolute Gasteiger partial charge is 0.756 e. The highest BCUT2D eigenvalue weighted by Gasteiger charge is 2.25. The zero-order valence-corrected chi connectivity index (χ0v) is 37.8. The zero-order chi connectivity index (χ0) is 40.7. The van der Waals surface area contributed by atoms with Crippen molar-refractivity contribution in [1.29, 1.82) is 0 Å². The van der Waals surface area contributed by atoms with Gasteiger partial charge in [-0.05, 0) is 32.6 Å². The van der Waals surface area contributed by atoms with E-state index in [1.165, 1.54) is 128 Å². The number of rotatable bonds is 43. The number of hydrogen-bond acceptors (Lipinski definition) is 8. The lowest BCUT2D eigenvalue weighted by molar-refractivity contribution is -0.926. The van der Waals surface area contributed by atoms with Crippen LogP contribution in [0.4, 0.5) is 0 Å². The van der Waals surface area contributed by atoms with Crippen molar-refractivity contribution in [3.63, 3.8) is 0 Å². The topological polar surface area (TPSA) is 111 Å². The number of phosphoric acid groups is 1. The quantitative estimate of drug-likeness (QED) is 0.0259. The first-order valence-corrected chi connectivity index (χ1v) is 24.9. The summed E-state index contributed by atoms with van der Waals surface area (Å²) in [5, 5.41) is 0. The second-order valence-electron chi connectivity index (χ2n) is 16.2. The van der Waals surface area contributed by atoms with E-state index in [0.717, 1.165) is 69.1 Å². The number of esters is 2. The van der Waals surface area contributed by atoms with Crippen molar-refractivity contribution in [3.8, 4) is 0 Å². The maximum absolute atomic E-state index is 12.8. The molecule has 2 unspecified atom stereocenters. The standard InChI is InChI=1S/C45H90NO8P/c1-6-11-13-15-17-19-21-23-25-27-29-31-33-35-44(47)51-41-43(42-53-55(49,50)52-40-39-46(10-5,37-8-3)38-9-4)54-45(48)36-34-32-30-28-26-24-22-20-18-16-14-12-7-2/h43H,6-42H2,1-5H3. The van der Waals surface area contributed by atoms with E-state index in [-0.39, 0.29) is 32.0 Å². The number of unbranched alkanes of at least 4 members (excludes halogenated alkanes) is 24. The average Bonchev–Trinajstić information content (AvgIpc) is 3.16. The first-order valence-electron chi connectivity index (χ1n) is 23.5. The predicted octanol–water partition coefficient (Wildman–Crippen LogP) is 12.6. The molecule has 0 fully saturated rings. The highest BCUT2D eigenvalue weighted by atomic mass is 31.2. The van der Waals surface area contributed by atoms with E-state index in [4.69, 9.17) is 18.5 Å². The molecular formula is C45H90NO8P. The molecule has 0 rings (SSSR count). The van der Waals surface area contributed by atoms with E-state index in [0.29, 0.717) is 13.0 Å². The van der Waals surface area contributed by atoms with E-state index in [2.05, 4.69) is 34.6 Å². The molecule has 0 heterocycles. The number of carbonyl (C=O) groups excluding carboxylic acids is 2. The third-order valence-corrected chi connectivity index (χ3v) is 12.0. The summed E-state index contributed by atoms with van der Waals surface area (Å²) < 4.78 is 35.1. The number of hydrogen-bond donors (Lipinski definition) is 0. The van der Waals surface area contributed by atoms with Crippen LogP contribution in [0, 0.1) is 0 Å². The summed E-state index contributed by atoms with van der Waals surface area (Å²) in [4.78, 5) is 38.1. The Bertz CT molecular complexity index is 913. The first-order chi connectivity index (χ1) is 26.7. The van der Waals surface area contributed by atoms with E-state index in [1.54, 1.807) is 0 Å². The SMILES string of the molecule is CCCCCCCCCCCCCCCC(=O)OCC(COP(=O)([O-])OCC[N+](CC)(CCC)CCC)OC(=O)CCCCCCCCCCCCCCC. The lowest BCUT2D eigenvalue weighted by Crippen LogP contribution is -2.51. The fraction of sp³-hybridized carbons (Fsp3) is 0.956. The summed E-state index contributed by atoms with van der Waals surface area (Å²) in [7, 11) is -4.66. The predicted molar refractivity (Wildman–Crippen MR) is 227 cm³/mol. The van der Waals surface area contributed by atoms with Crippen molar-refractivity contribution in [2.45, 2.75) is 233 Å². The molecule has 0 aliphatic rings. The minimum atomic E-state index is -4.66. The van der Waals surface area contributed by atoms with Gasteiger partial charge < -0.3 is 27.9 Å². The second kappa shape index (κ2) is 38.5. The number of phosphoric ester groups is 1. The molecule has 9 nitrogen and oxygen atoms in total. The van der Waals surface area contributed by atoms with Crippen LogP contribution in [0.15, 0.2) is 0 Å². The molecule has 0 saturated carbocycles. The van der Waals surface area contributed by atoms with Gasteiger partial charge in [0.25, 0.3) is 7.82 Å². The van der Waals surface area contributed by atoms with E-state index in [1.807, 2.05) is 0 Å². The number of ether oxygens (including phenoxy) is 2. The fourth-order valence-electron chi connectivity index (χ4n) is 7.51. The molecule has 0 aromatic heterocycles. The van der Waals surface area contributed by atoms with Gasteiger partial charge in [0.15, 0.2) is 6.10 Å². The molecule has 0 saturated heterocycles. The summed E-state index contributed by atoms with van der Waals surface area (Å²) in [5.74, 6) is -0.808. The third-order valence-electron chi connectivity index (χ3n) is 11.0. The lowest BCUT2D eigenvalue weighted by atomic mass is 10.0. The van der Waals surface area contributed by atoms with Crippen LogP contribution in [-0.2, 0) is 32.7 Å². The van der Waals surface area contributed by atoms with E-state index >= 15 is 0 Å². The Labute approximate surface area is 340 Å². The van der Waals surface area contributed by atoms with Crippen molar-refractivity contribution >= 4 is 19.8 Å². The Kier molecular flexibility index (Phi) is 37.8. The van der Waals surface area contributed by atoms with Crippen LogP contribution >= 0.6 is 7.82 Å². The van der Waals surface area contributed by atoms with Crippen LogP contribution in [0.25, 0.3) is 0 Å². The van der Waals surface area contributed by atoms with E-state index in [9.17, 15) is 19.0 Å². The Morgan fingerprint density at radius 2 is 0.873 bits per heavy atom. The molecule has 0 spiro atoms. The maximum atomic E-state index is 12.8. The number of carbonyl (C=O) groups is 2. The minimum absolute atomic E-state index is 0.0201. The first kappa shape index (κ1) is 54.0. The molecule has 2 atom stereocenters. The number of quaternary nitrogens is 1. The summed E-state index contributed by atoms with van der Waals surface area (Å²) in [6.45, 7) is 13.6. The monoisotopic (exact) mass is 804 g/mol. The van der Waals surface area contributed by atoms with Crippen LogP contribution in [0.1, 0.15) is 227 Å². The van der Waals surface area contributed by atoms with Gasteiger partial charge in [0.05, 0.1) is 26.2 Å². The molecule has 0 N–H and O–H groups in total. The highest BCUT2D eigenvalue weighted by Crippen LogP contribution is 2.38. The molecule has 0 aliphatic carbocycles. The van der Waals surface area contributed by atoms with Gasteiger partial charge in [0.2, 0.25) is 0 Å². The van der Waals surface area contributed by atoms with Gasteiger partial charge in [-0.25, -0.2) is 0 Å². The fourth-order valence-corrected chi connectivity index (χ4v) is 8.24. The van der Waals surface area contributed by atoms with Gasteiger partial charge in [-0.1, -0.05) is 182 Å². The molecule has 0 amide bonds. The summed E-state index contributed by atoms with van der Waals surface area (Å²) in [5.41, 5.74) is 0. The average molecular weight is 804 g/mol. The molecule has 55 heavy (non-hydrogen) atoms. The molecule has 0 aromatic rings. The van der Waals surface area contributed by atoms with Gasteiger partial charge in [-0.2, -0.15) is 0 Å². The van der Waals surface area contributed by atoms with Crippen LogP contribution in [0.2, 0.25) is 0 Å². The minimum Gasteiger partial charge on any atom is -0.756 e. The Balaban J connectivity index is 4.65. The van der Waals surface area contributed by atoms with Crippen molar-refractivity contribution < 1.29 is 42.1 Å². The van der Waals surface area contributed by atoms with Crippen LogP contribution in [-0.4, -0.2) is 68.5 Å². The molecular weight excluding hydrogens is 713 g/mol. The molecule has 10 heteroatoms. The molecule has 0 aliphatic heterocycles. The second-order valence-corrected chi connectivity index (χ2v) is 17.6. The Hall–Kier alpha value is -0.990. The molecule has 0 radical (unpaired) electrons. The van der Waals surface area contributed by atoms with Gasteiger partial charge in [-0.3, -0.25) is 14.2 Å². The van der Waals surface area contributed by atoms with Gasteiger partial charge in [-0.15, -0.1) is 0 Å². The maximum Gasteiger partial charge on any atom is 0.306 e. The van der Waals surface area contributed by atoms with E-state index < -0.39 is 26.5 Å². The van der Waals surface area contributed by atoms with Crippen molar-refractivity contribution in [2.75, 3.05) is 46.0 Å². The van der Waals surface area contributed by atoms with Crippen LogP contribution in [0.3, 0.4) is 0 Å². The van der Waals surface area contributed by atoms with Crippen molar-refractivity contribution in [3.05, 3.63) is 0 Å².